The average Bonchev–Trinajstić information content (AvgIpc) is 0.782. The summed E-state index contributed by atoms with van der Waals surface area (Å²) in [6, 6.07) is -0.970. The molecular weight excluding hydrogens is 1260 g/mol. The van der Waals surface area contributed by atoms with Crippen LogP contribution >= 0.6 is 0 Å². The van der Waals surface area contributed by atoms with Crippen LogP contribution in [0.3, 0.4) is 0 Å². The molecule has 0 radical (unpaired) electrons. The lowest BCUT2D eigenvalue weighted by Gasteiger charge is -2.48. The quantitative estimate of drug-likeness (QED) is 0.0199. The van der Waals surface area contributed by atoms with Crippen molar-refractivity contribution in [3.63, 3.8) is 0 Å². The number of carbonyl (C=O) groups is 1. The Kier molecular flexibility index (Phi) is 57.1. The van der Waals surface area contributed by atoms with Gasteiger partial charge in [0.2, 0.25) is 5.91 Å². The van der Waals surface area contributed by atoms with E-state index < -0.39 is 124 Å². The molecule has 0 bridgehead atoms. The van der Waals surface area contributed by atoms with Gasteiger partial charge in [-0.1, -0.05) is 347 Å². The van der Waals surface area contributed by atoms with Crippen LogP contribution in [0.4, 0.5) is 0 Å². The summed E-state index contributed by atoms with van der Waals surface area (Å²) in [5.41, 5.74) is 0. The van der Waals surface area contributed by atoms with Crippen LogP contribution in [0.2, 0.25) is 0 Å². The van der Waals surface area contributed by atoms with Gasteiger partial charge in [-0.15, -0.1) is 0 Å². The van der Waals surface area contributed by atoms with Gasteiger partial charge in [0.15, 0.2) is 18.9 Å². The van der Waals surface area contributed by atoms with Crippen molar-refractivity contribution >= 4 is 5.91 Å². The third kappa shape index (κ3) is 41.9. The van der Waals surface area contributed by atoms with Crippen LogP contribution in [0, 0.1) is 0 Å². The van der Waals surface area contributed by atoms with Gasteiger partial charge in [0, 0.05) is 6.42 Å². The summed E-state index contributed by atoms with van der Waals surface area (Å²) < 4.78 is 34.5. The van der Waals surface area contributed by atoms with Crippen LogP contribution in [0.1, 0.15) is 361 Å². The summed E-state index contributed by atoms with van der Waals surface area (Å²) in [5.74, 6) is -0.266. The number of ether oxygens (including phenoxy) is 6. The topological polar surface area (TPSA) is 307 Å². The number of rotatable bonds is 67. The molecule has 0 aromatic carbocycles. The third-order valence-electron chi connectivity index (χ3n) is 21.1. The van der Waals surface area contributed by atoms with Crippen LogP contribution in [-0.2, 0) is 33.2 Å². The molecule has 0 spiro atoms. The van der Waals surface area contributed by atoms with E-state index >= 15 is 0 Å². The fourth-order valence-corrected chi connectivity index (χ4v) is 14.4. The van der Waals surface area contributed by atoms with Crippen molar-refractivity contribution in [3.8, 4) is 0 Å². The maximum Gasteiger partial charge on any atom is 0.220 e. The van der Waals surface area contributed by atoms with Gasteiger partial charge in [-0.05, 0) is 19.3 Å². The first-order valence-corrected chi connectivity index (χ1v) is 41.4. The van der Waals surface area contributed by atoms with Gasteiger partial charge in [0.25, 0.3) is 0 Å². The SMILES string of the molecule is CCCCCCCCCCCCCCCCCCCCCCC/C=C/C(O)C(COC1OC(CO)C(OC2OC(CO)C(OC3OC(CO)C(O)C(O)C3O)C(O)C2O)C(O)C1O)NC(=O)CCCCCCCCCCCCCCCCCCCCCCCCCCCCCCCCC. The Morgan fingerprint density at radius 3 is 0.949 bits per heavy atom. The molecule has 17 atom stereocenters. The molecule has 17 unspecified atom stereocenters. The molecule has 1 amide bonds. The zero-order valence-corrected chi connectivity index (χ0v) is 62.8. The van der Waals surface area contributed by atoms with Crippen LogP contribution in [0.5, 0.6) is 0 Å². The molecular formula is C80H153NO18. The van der Waals surface area contributed by atoms with Crippen molar-refractivity contribution < 1.29 is 89.4 Å². The number of amides is 1. The van der Waals surface area contributed by atoms with E-state index in [0.29, 0.717) is 6.42 Å². The Morgan fingerprint density at radius 2 is 0.626 bits per heavy atom. The molecule has 3 aliphatic heterocycles. The normalized spacial score (nSPS) is 26.6. The van der Waals surface area contributed by atoms with E-state index in [1.165, 1.54) is 289 Å². The third-order valence-corrected chi connectivity index (χ3v) is 21.1. The lowest BCUT2D eigenvalue weighted by atomic mass is 9.96. The molecule has 3 heterocycles. The average molecular weight is 1420 g/mol. The molecule has 3 aliphatic rings. The van der Waals surface area contributed by atoms with Crippen molar-refractivity contribution in [2.45, 2.75) is 465 Å². The second-order valence-electron chi connectivity index (χ2n) is 30.0. The van der Waals surface area contributed by atoms with E-state index in [4.69, 9.17) is 28.4 Å². The largest absolute Gasteiger partial charge is 0.394 e. The van der Waals surface area contributed by atoms with E-state index in [1.54, 1.807) is 6.08 Å². The summed E-state index contributed by atoms with van der Waals surface area (Å²) in [4.78, 5) is 13.5. The van der Waals surface area contributed by atoms with Crippen LogP contribution in [0.15, 0.2) is 12.2 Å². The standard InChI is InChI=1S/C80H153NO18/c1-3-5-7-9-11-13-15-17-19-21-23-25-27-28-29-30-31-32-33-34-36-38-40-42-44-46-48-50-52-54-56-58-68(86)81-63(64(85)57-55-53-51-49-47-45-43-41-39-37-35-26-24-22-20-18-16-14-12-10-8-6-4-2)62-94-78-74(92)71(89)76(66(60-83)96-78)99-80-75(93)72(90)77(67(61-84)97-80)98-79-73(91)70(88)69(87)65(59-82)95-79/h55,57,63-67,69-80,82-85,87-93H,3-54,56,58-62H2,1-2H3,(H,81,86)/b57-55+. The minimum Gasteiger partial charge on any atom is -0.394 e. The Hall–Kier alpha value is -1.47. The van der Waals surface area contributed by atoms with Crippen molar-refractivity contribution in [3.05, 3.63) is 12.2 Å². The molecule has 0 aliphatic carbocycles. The zero-order valence-electron chi connectivity index (χ0n) is 62.8. The molecule has 19 nitrogen and oxygen atoms in total. The molecule has 586 valence electrons. The minimum atomic E-state index is -1.98. The van der Waals surface area contributed by atoms with E-state index in [1.807, 2.05) is 6.08 Å². The first-order chi connectivity index (χ1) is 48.3. The van der Waals surface area contributed by atoms with Gasteiger partial charge in [-0.3, -0.25) is 4.79 Å². The van der Waals surface area contributed by atoms with Crippen LogP contribution in [-0.4, -0.2) is 193 Å². The molecule has 19 heteroatoms. The van der Waals surface area contributed by atoms with Gasteiger partial charge in [-0.2, -0.15) is 0 Å². The smallest absolute Gasteiger partial charge is 0.220 e. The molecule has 0 aromatic heterocycles. The van der Waals surface area contributed by atoms with Gasteiger partial charge in [-0.25, -0.2) is 0 Å². The van der Waals surface area contributed by atoms with Crippen molar-refractivity contribution in [1.29, 1.82) is 0 Å². The van der Waals surface area contributed by atoms with Gasteiger partial charge in [0.1, 0.15) is 73.2 Å². The highest BCUT2D eigenvalue weighted by Crippen LogP contribution is 2.33. The second-order valence-corrected chi connectivity index (χ2v) is 30.0. The monoisotopic (exact) mass is 1420 g/mol. The summed E-state index contributed by atoms with van der Waals surface area (Å²) in [5, 5.41) is 121. The number of hydrogen-bond acceptors (Lipinski definition) is 18. The lowest BCUT2D eigenvalue weighted by Crippen LogP contribution is -2.66. The fraction of sp³-hybridized carbons (Fsp3) is 0.963. The molecule has 3 rings (SSSR count). The first-order valence-electron chi connectivity index (χ1n) is 41.4. The Labute approximate surface area is 601 Å². The van der Waals surface area contributed by atoms with Gasteiger partial charge in [0.05, 0.1) is 38.6 Å². The Balaban J connectivity index is 1.36. The molecule has 12 N–H and O–H groups in total. The van der Waals surface area contributed by atoms with E-state index in [9.17, 15) is 61.0 Å². The number of aliphatic hydroxyl groups is 11. The first kappa shape index (κ1) is 91.7. The molecule has 3 fully saturated rings. The fourth-order valence-electron chi connectivity index (χ4n) is 14.4. The molecule has 3 saturated heterocycles. The van der Waals surface area contributed by atoms with E-state index in [0.717, 1.165) is 44.9 Å². The number of allylic oxidation sites excluding steroid dienone is 1. The van der Waals surface area contributed by atoms with E-state index in [-0.39, 0.29) is 18.9 Å². The summed E-state index contributed by atoms with van der Waals surface area (Å²) in [6.45, 7) is 1.81. The predicted molar refractivity (Wildman–Crippen MR) is 393 cm³/mol. The Morgan fingerprint density at radius 1 is 0.354 bits per heavy atom. The highest BCUT2D eigenvalue weighted by Gasteiger charge is 2.54. The number of aliphatic hydroxyl groups excluding tert-OH is 11. The van der Waals surface area contributed by atoms with Gasteiger partial charge < -0.3 is 89.9 Å². The maximum absolute atomic E-state index is 13.5. The van der Waals surface area contributed by atoms with Crippen molar-refractivity contribution in [2.24, 2.45) is 0 Å². The second kappa shape index (κ2) is 61.7. The predicted octanol–water partition coefficient (Wildman–Crippen LogP) is 14.0. The molecule has 99 heavy (non-hydrogen) atoms. The van der Waals surface area contributed by atoms with Gasteiger partial charge >= 0.3 is 0 Å². The molecule has 0 saturated carbocycles. The summed E-state index contributed by atoms with van der Waals surface area (Å²) >= 11 is 0. The zero-order chi connectivity index (χ0) is 71.8. The van der Waals surface area contributed by atoms with Crippen molar-refractivity contribution in [2.75, 3.05) is 26.4 Å². The maximum atomic E-state index is 13.5. The molecule has 0 aromatic rings. The van der Waals surface area contributed by atoms with Crippen LogP contribution in [0.25, 0.3) is 0 Å². The number of nitrogens with one attached hydrogen (secondary N) is 1. The highest BCUT2D eigenvalue weighted by molar-refractivity contribution is 5.76. The van der Waals surface area contributed by atoms with E-state index in [2.05, 4.69) is 19.2 Å². The summed E-state index contributed by atoms with van der Waals surface area (Å²) in [6.07, 6.45) is 46.4. The number of hydrogen-bond donors (Lipinski definition) is 12. The minimum absolute atomic E-state index is 0.250. The number of unbranched alkanes of at least 4 members (excludes halogenated alkanes) is 51. The van der Waals surface area contributed by atoms with Crippen molar-refractivity contribution in [1.82, 2.24) is 5.32 Å². The lowest BCUT2D eigenvalue weighted by molar-refractivity contribution is -0.379. The number of carbonyl (C=O) groups excluding carboxylic acids is 1. The summed E-state index contributed by atoms with van der Waals surface area (Å²) in [7, 11) is 0. The highest BCUT2D eigenvalue weighted by atomic mass is 16.8. The Bertz CT molecular complexity index is 1840. The van der Waals surface area contributed by atoms with Crippen LogP contribution < -0.4 is 5.32 Å².